The van der Waals surface area contributed by atoms with Crippen molar-refractivity contribution >= 4 is 23.0 Å². The summed E-state index contributed by atoms with van der Waals surface area (Å²) < 4.78 is 0. The van der Waals surface area contributed by atoms with E-state index in [4.69, 9.17) is 0 Å². The van der Waals surface area contributed by atoms with Gasteiger partial charge in [0.1, 0.15) is 11.3 Å². The van der Waals surface area contributed by atoms with Gasteiger partial charge in [0.05, 0.1) is 11.3 Å². The van der Waals surface area contributed by atoms with Gasteiger partial charge in [-0.15, -0.1) is 0 Å². The van der Waals surface area contributed by atoms with Crippen molar-refractivity contribution < 1.29 is 15.0 Å². The second-order valence-corrected chi connectivity index (χ2v) is 5.14. The first-order chi connectivity index (χ1) is 10.4. The maximum absolute atomic E-state index is 11.9. The lowest BCUT2D eigenvalue weighted by atomic mass is 10.2. The van der Waals surface area contributed by atoms with Gasteiger partial charge in [0.25, 0.3) is 11.5 Å². The second-order valence-electron chi connectivity index (χ2n) is 4.18. The topological polar surface area (TPSA) is 132 Å². The number of phenols is 1. The Labute approximate surface area is 127 Å². The molecule has 22 heavy (non-hydrogen) atoms. The zero-order chi connectivity index (χ0) is 16.3. The number of nitrogens with zero attached hydrogens (tertiary/aromatic N) is 1. The number of aromatic amines is 1. The number of hydrogen-bond donors (Lipinski definition) is 4. The van der Waals surface area contributed by atoms with Crippen molar-refractivity contribution in [2.45, 2.75) is 6.92 Å². The molecule has 0 bridgehead atoms. The van der Waals surface area contributed by atoms with Crippen molar-refractivity contribution in [1.82, 2.24) is 10.4 Å². The maximum atomic E-state index is 11.9. The molecule has 0 atom stereocenters. The molecule has 1 heterocycles. The number of nitrogens with one attached hydrogen (secondary N) is 2. The summed E-state index contributed by atoms with van der Waals surface area (Å²) in [6.45, 7) is 1.38. The van der Waals surface area contributed by atoms with E-state index < -0.39 is 21.4 Å². The third-order valence-electron chi connectivity index (χ3n) is 2.68. The van der Waals surface area contributed by atoms with Crippen molar-refractivity contribution in [3.63, 3.8) is 0 Å². The normalized spacial score (nSPS) is 11.2. The number of carbonyl (C=O) groups excluding carboxylic acids is 1. The number of H-pyrrole nitrogens is 1. The van der Waals surface area contributed by atoms with Gasteiger partial charge in [-0.1, -0.05) is 12.1 Å². The van der Waals surface area contributed by atoms with Crippen LogP contribution in [0.4, 0.5) is 0 Å². The van der Waals surface area contributed by atoms with Crippen LogP contribution < -0.4 is 15.9 Å². The summed E-state index contributed by atoms with van der Waals surface area (Å²) in [5, 5.41) is 22.4. The Bertz CT molecular complexity index is 868. The van der Waals surface area contributed by atoms with E-state index in [1.807, 2.05) is 4.98 Å². The Morgan fingerprint density at radius 2 is 1.95 bits per heavy atom. The minimum absolute atomic E-state index is 0.00917. The number of aromatic hydroxyl groups is 2. The molecule has 0 fully saturated rings. The number of benzene rings is 1. The van der Waals surface area contributed by atoms with Gasteiger partial charge < -0.3 is 10.2 Å². The molecule has 1 aromatic heterocycles. The Hall–Kier alpha value is -2.94. The van der Waals surface area contributed by atoms with E-state index in [1.165, 1.54) is 19.1 Å². The number of carbonyl (C=O) groups is 1. The van der Waals surface area contributed by atoms with Crippen molar-refractivity contribution in [3.8, 4) is 10.8 Å². The Balaban J connectivity index is 2.28. The van der Waals surface area contributed by atoms with Crippen LogP contribution in [0.3, 0.4) is 0 Å². The second kappa shape index (κ2) is 6.22. The molecule has 8 nitrogen and oxygen atoms in total. The summed E-state index contributed by atoms with van der Waals surface area (Å²) in [5.41, 5.74) is 1.17. The molecular weight excluding hydrogens is 310 g/mol. The molecule has 0 aliphatic rings. The molecule has 0 saturated heterocycles. The molecule has 4 N–H and O–H groups in total. The predicted octanol–water partition coefficient (Wildman–Crippen LogP) is 0.362. The van der Waals surface area contributed by atoms with Crippen LogP contribution in [0.2, 0.25) is 0 Å². The van der Waals surface area contributed by atoms with Crippen LogP contribution in [0, 0.1) is 0 Å². The summed E-state index contributed by atoms with van der Waals surface area (Å²) in [6, 6.07) is 5.87. The largest absolute Gasteiger partial charge is 0.507 e. The number of hydrogen-bond acceptors (Lipinski definition) is 7. The van der Waals surface area contributed by atoms with Crippen LogP contribution in [-0.2, 0) is 0 Å². The van der Waals surface area contributed by atoms with Gasteiger partial charge in [0.15, 0.2) is 5.06 Å². The van der Waals surface area contributed by atoms with Gasteiger partial charge in [0.2, 0.25) is 0 Å². The van der Waals surface area contributed by atoms with E-state index in [0.29, 0.717) is 11.3 Å². The highest BCUT2D eigenvalue weighted by Crippen LogP contribution is 2.16. The highest BCUT2D eigenvalue weighted by Gasteiger charge is 2.14. The molecule has 2 rings (SSSR count). The van der Waals surface area contributed by atoms with Gasteiger partial charge in [-0.3, -0.25) is 19.4 Å². The maximum Gasteiger partial charge on any atom is 0.310 e. The van der Waals surface area contributed by atoms with E-state index >= 15 is 0 Å². The molecule has 0 aliphatic carbocycles. The molecule has 0 unspecified atom stereocenters. The third kappa shape index (κ3) is 3.20. The standard InChI is InChI=1S/C13H11N3O5S/c1-6(9-11(19)14-13(21)22-12(9)20)15-16-10(18)7-4-2-3-5-8(7)17/h2-5,17,20H,1H3,(H,16,18)(H,14,19,21)/b15-6+. The summed E-state index contributed by atoms with van der Waals surface area (Å²) in [7, 11) is 0. The minimum Gasteiger partial charge on any atom is -0.507 e. The lowest BCUT2D eigenvalue weighted by Gasteiger charge is -2.04. The van der Waals surface area contributed by atoms with Gasteiger partial charge in [-0.2, -0.15) is 5.10 Å². The fourth-order valence-electron chi connectivity index (χ4n) is 1.65. The van der Waals surface area contributed by atoms with Crippen LogP contribution in [-0.4, -0.2) is 26.8 Å². The fraction of sp³-hybridized carbons (Fsp3) is 0.0769. The fourth-order valence-corrected chi connectivity index (χ4v) is 2.31. The first-order valence-corrected chi connectivity index (χ1v) is 6.81. The molecule has 0 spiro atoms. The van der Waals surface area contributed by atoms with E-state index in [2.05, 4.69) is 10.5 Å². The van der Waals surface area contributed by atoms with Crippen molar-refractivity contribution in [1.29, 1.82) is 0 Å². The van der Waals surface area contributed by atoms with Gasteiger partial charge in [-0.05, 0) is 30.4 Å². The quantitative estimate of drug-likeness (QED) is 0.479. The number of aromatic nitrogens is 1. The Morgan fingerprint density at radius 3 is 2.59 bits per heavy atom. The smallest absolute Gasteiger partial charge is 0.310 e. The minimum atomic E-state index is -0.806. The van der Waals surface area contributed by atoms with E-state index in [-0.39, 0.29) is 22.6 Å². The predicted molar refractivity (Wildman–Crippen MR) is 80.7 cm³/mol. The molecule has 1 amide bonds. The van der Waals surface area contributed by atoms with Crippen LogP contribution in [0.25, 0.3) is 0 Å². The lowest BCUT2D eigenvalue weighted by molar-refractivity contribution is 0.0952. The highest BCUT2D eigenvalue weighted by atomic mass is 32.1. The monoisotopic (exact) mass is 321 g/mol. The van der Waals surface area contributed by atoms with Crippen molar-refractivity contribution in [2.24, 2.45) is 5.10 Å². The molecule has 9 heteroatoms. The summed E-state index contributed by atoms with van der Waals surface area (Å²) in [5.74, 6) is -0.899. The molecule has 114 valence electrons. The highest BCUT2D eigenvalue weighted by molar-refractivity contribution is 7.11. The first kappa shape index (κ1) is 15.4. The number of amides is 1. The molecule has 0 aliphatic heterocycles. The molecule has 2 aromatic rings. The molecule has 0 radical (unpaired) electrons. The average molecular weight is 321 g/mol. The van der Waals surface area contributed by atoms with Crippen molar-refractivity contribution in [3.05, 3.63) is 55.4 Å². The number of hydrazone groups is 1. The average Bonchev–Trinajstić information content (AvgIpc) is 2.44. The van der Waals surface area contributed by atoms with Crippen LogP contribution in [0.15, 0.2) is 39.0 Å². The van der Waals surface area contributed by atoms with E-state index in [0.717, 1.165) is 0 Å². The van der Waals surface area contributed by atoms with Crippen LogP contribution in [0.1, 0.15) is 22.8 Å². The van der Waals surface area contributed by atoms with E-state index in [1.54, 1.807) is 12.1 Å². The first-order valence-electron chi connectivity index (χ1n) is 5.99. The van der Waals surface area contributed by atoms with Gasteiger partial charge in [-0.25, -0.2) is 5.43 Å². The number of rotatable bonds is 3. The van der Waals surface area contributed by atoms with E-state index in [9.17, 15) is 24.6 Å². The summed E-state index contributed by atoms with van der Waals surface area (Å²) >= 11 is 0.445. The zero-order valence-electron chi connectivity index (χ0n) is 11.3. The Kier molecular flexibility index (Phi) is 4.37. The van der Waals surface area contributed by atoms with Gasteiger partial charge >= 0.3 is 4.87 Å². The van der Waals surface area contributed by atoms with Crippen LogP contribution in [0.5, 0.6) is 10.8 Å². The molecule has 0 saturated carbocycles. The lowest BCUT2D eigenvalue weighted by Crippen LogP contribution is -2.25. The molecule has 1 aromatic carbocycles. The van der Waals surface area contributed by atoms with Crippen molar-refractivity contribution in [2.75, 3.05) is 0 Å². The third-order valence-corrected chi connectivity index (χ3v) is 3.37. The van der Waals surface area contributed by atoms with Crippen LogP contribution >= 0.6 is 11.3 Å². The SMILES string of the molecule is C/C(=N\NC(=O)c1ccccc1O)c1c(O)sc(=O)[nH]c1=O. The number of phenolic OH excluding ortho intramolecular Hbond substituents is 1. The summed E-state index contributed by atoms with van der Waals surface area (Å²) in [6.07, 6.45) is 0. The number of para-hydroxylation sites is 1. The summed E-state index contributed by atoms with van der Waals surface area (Å²) in [4.78, 5) is 35.8. The zero-order valence-corrected chi connectivity index (χ0v) is 12.1. The van der Waals surface area contributed by atoms with Gasteiger partial charge in [0, 0.05) is 0 Å². The Morgan fingerprint density at radius 1 is 1.27 bits per heavy atom. The molecular formula is C13H11N3O5S.